The Bertz CT molecular complexity index is 284. The molecule has 92 valence electrons. The van der Waals surface area contributed by atoms with Gasteiger partial charge in [-0.25, -0.2) is 4.79 Å². The number of carbonyl (C=O) groups excluding carboxylic acids is 2. The number of hydrogen-bond donors (Lipinski definition) is 0. The van der Waals surface area contributed by atoms with Gasteiger partial charge in [-0.1, -0.05) is 26.8 Å². The van der Waals surface area contributed by atoms with Crippen molar-refractivity contribution in [1.82, 2.24) is 0 Å². The summed E-state index contributed by atoms with van der Waals surface area (Å²) in [7, 11) is 2.59. The molecule has 0 aromatic carbocycles. The van der Waals surface area contributed by atoms with Gasteiger partial charge in [-0.3, -0.25) is 4.79 Å². The number of ether oxygens (including phenoxy) is 2. The van der Waals surface area contributed by atoms with Crippen LogP contribution in [0.25, 0.3) is 0 Å². The molecule has 0 atom stereocenters. The largest absolute Gasteiger partial charge is 0.469 e. The highest BCUT2D eigenvalue weighted by Crippen LogP contribution is 2.21. The SMILES string of the molecule is COC(=O)C/C(=C\CC(C)(C)C)C(=O)OC. The zero-order valence-electron chi connectivity index (χ0n) is 10.6. The van der Waals surface area contributed by atoms with E-state index in [2.05, 4.69) is 30.2 Å². The smallest absolute Gasteiger partial charge is 0.333 e. The van der Waals surface area contributed by atoms with Gasteiger partial charge in [-0.15, -0.1) is 0 Å². The molecule has 4 nitrogen and oxygen atoms in total. The number of hydrogen-bond acceptors (Lipinski definition) is 4. The second-order valence-electron chi connectivity index (χ2n) is 4.74. The van der Waals surface area contributed by atoms with Crippen LogP contribution in [-0.4, -0.2) is 26.2 Å². The van der Waals surface area contributed by atoms with Crippen LogP contribution >= 0.6 is 0 Å². The van der Waals surface area contributed by atoms with Crippen LogP contribution in [0.5, 0.6) is 0 Å². The molecule has 4 heteroatoms. The summed E-state index contributed by atoms with van der Waals surface area (Å²) in [5.74, 6) is -0.916. The van der Waals surface area contributed by atoms with Crippen molar-refractivity contribution in [3.05, 3.63) is 11.6 Å². The highest BCUT2D eigenvalue weighted by Gasteiger charge is 2.16. The lowest BCUT2D eigenvalue weighted by Crippen LogP contribution is -2.12. The highest BCUT2D eigenvalue weighted by atomic mass is 16.5. The zero-order valence-corrected chi connectivity index (χ0v) is 10.6. The molecule has 0 aliphatic carbocycles. The number of esters is 2. The molecule has 0 aliphatic rings. The second kappa shape index (κ2) is 6.30. The van der Waals surface area contributed by atoms with Gasteiger partial charge in [-0.2, -0.15) is 0 Å². The summed E-state index contributed by atoms with van der Waals surface area (Å²) >= 11 is 0. The topological polar surface area (TPSA) is 52.6 Å². The normalized spacial score (nSPS) is 12.2. The van der Waals surface area contributed by atoms with Gasteiger partial charge in [-0.05, 0) is 11.8 Å². The minimum atomic E-state index is -0.477. The molecule has 16 heavy (non-hydrogen) atoms. The molecular formula is C12H20O4. The van der Waals surface area contributed by atoms with Gasteiger partial charge in [0.15, 0.2) is 0 Å². The Morgan fingerprint density at radius 1 is 1.12 bits per heavy atom. The van der Waals surface area contributed by atoms with Crippen LogP contribution in [0.1, 0.15) is 33.6 Å². The van der Waals surface area contributed by atoms with Crippen LogP contribution in [0.15, 0.2) is 11.6 Å². The van der Waals surface area contributed by atoms with E-state index in [4.69, 9.17) is 0 Å². The quantitative estimate of drug-likeness (QED) is 0.546. The molecule has 0 aromatic heterocycles. The van der Waals surface area contributed by atoms with E-state index in [9.17, 15) is 9.59 Å². The molecule has 0 rings (SSSR count). The summed E-state index contributed by atoms with van der Waals surface area (Å²) in [6.45, 7) is 6.16. The first kappa shape index (κ1) is 14.7. The molecule has 0 unspecified atom stereocenters. The van der Waals surface area contributed by atoms with Crippen molar-refractivity contribution in [2.24, 2.45) is 5.41 Å². The van der Waals surface area contributed by atoms with Crippen LogP contribution in [0.2, 0.25) is 0 Å². The molecule has 0 aliphatic heterocycles. The van der Waals surface area contributed by atoms with Gasteiger partial charge < -0.3 is 9.47 Å². The minimum absolute atomic E-state index is 0.0424. The first-order valence-electron chi connectivity index (χ1n) is 5.14. The van der Waals surface area contributed by atoms with Crippen LogP contribution in [0.3, 0.4) is 0 Å². The summed E-state index contributed by atoms with van der Waals surface area (Å²) < 4.78 is 9.13. The summed E-state index contributed by atoms with van der Waals surface area (Å²) in [5.41, 5.74) is 0.416. The standard InChI is InChI=1S/C12H20O4/c1-12(2,3)7-6-9(11(14)16-5)8-10(13)15-4/h6H,7-8H2,1-5H3/b9-6+. The second-order valence-corrected chi connectivity index (χ2v) is 4.74. The van der Waals surface area contributed by atoms with E-state index < -0.39 is 11.9 Å². The van der Waals surface area contributed by atoms with E-state index in [1.165, 1.54) is 14.2 Å². The number of allylic oxidation sites excluding steroid dienone is 1. The Kier molecular flexibility index (Phi) is 5.78. The Morgan fingerprint density at radius 3 is 2.06 bits per heavy atom. The van der Waals surface area contributed by atoms with Crippen molar-refractivity contribution in [3.8, 4) is 0 Å². The van der Waals surface area contributed by atoms with Crippen LogP contribution in [0, 0.1) is 5.41 Å². The lowest BCUT2D eigenvalue weighted by atomic mass is 9.91. The monoisotopic (exact) mass is 228 g/mol. The Morgan fingerprint density at radius 2 is 1.69 bits per heavy atom. The summed E-state index contributed by atoms with van der Waals surface area (Å²) in [4.78, 5) is 22.5. The fourth-order valence-electron chi connectivity index (χ4n) is 1.02. The molecular weight excluding hydrogens is 208 g/mol. The minimum Gasteiger partial charge on any atom is -0.469 e. The molecule has 0 bridgehead atoms. The van der Waals surface area contributed by atoms with Gasteiger partial charge in [0.25, 0.3) is 0 Å². The first-order chi connectivity index (χ1) is 7.30. The number of carbonyl (C=O) groups is 2. The molecule has 0 fully saturated rings. The van der Waals surface area contributed by atoms with Crippen LogP contribution < -0.4 is 0 Å². The molecule has 0 spiro atoms. The molecule has 0 saturated heterocycles. The average molecular weight is 228 g/mol. The Balaban J connectivity index is 4.67. The van der Waals surface area contributed by atoms with Crippen LogP contribution in [0.4, 0.5) is 0 Å². The third kappa shape index (κ3) is 6.22. The summed E-state index contributed by atoms with van der Waals surface area (Å²) in [6, 6.07) is 0. The maximum absolute atomic E-state index is 11.4. The lowest BCUT2D eigenvalue weighted by Gasteiger charge is -2.15. The van der Waals surface area contributed by atoms with Crippen molar-refractivity contribution in [2.75, 3.05) is 14.2 Å². The van der Waals surface area contributed by atoms with Crippen LogP contribution in [-0.2, 0) is 19.1 Å². The molecule has 0 saturated carbocycles. The van der Waals surface area contributed by atoms with E-state index in [0.29, 0.717) is 12.0 Å². The number of methoxy groups -OCH3 is 2. The maximum atomic E-state index is 11.4. The van der Waals surface area contributed by atoms with Gasteiger partial charge in [0.1, 0.15) is 0 Å². The summed E-state index contributed by atoms with van der Waals surface area (Å²) in [6.07, 6.45) is 2.40. The lowest BCUT2D eigenvalue weighted by molar-refractivity contribution is -0.143. The van der Waals surface area contributed by atoms with Crippen molar-refractivity contribution in [2.45, 2.75) is 33.6 Å². The van der Waals surface area contributed by atoms with E-state index >= 15 is 0 Å². The predicted octanol–water partition coefficient (Wildman–Crippen LogP) is 2.09. The Labute approximate surface area is 96.6 Å². The van der Waals surface area contributed by atoms with E-state index in [-0.39, 0.29) is 11.8 Å². The molecule has 0 amide bonds. The predicted molar refractivity (Wildman–Crippen MR) is 60.8 cm³/mol. The van der Waals surface area contributed by atoms with Crippen molar-refractivity contribution in [3.63, 3.8) is 0 Å². The van der Waals surface area contributed by atoms with E-state index in [0.717, 1.165) is 0 Å². The highest BCUT2D eigenvalue weighted by molar-refractivity contribution is 5.93. The molecule has 0 heterocycles. The third-order valence-corrected chi connectivity index (χ3v) is 1.97. The number of rotatable bonds is 4. The first-order valence-corrected chi connectivity index (χ1v) is 5.14. The fraction of sp³-hybridized carbons (Fsp3) is 0.667. The molecule has 0 aromatic rings. The van der Waals surface area contributed by atoms with Crippen molar-refractivity contribution in [1.29, 1.82) is 0 Å². The van der Waals surface area contributed by atoms with Crippen molar-refractivity contribution < 1.29 is 19.1 Å². The third-order valence-electron chi connectivity index (χ3n) is 1.97. The van der Waals surface area contributed by atoms with Gasteiger partial charge in [0, 0.05) is 5.57 Å². The Hall–Kier alpha value is -1.32. The maximum Gasteiger partial charge on any atom is 0.333 e. The zero-order chi connectivity index (χ0) is 12.8. The van der Waals surface area contributed by atoms with Gasteiger partial charge in [0.05, 0.1) is 20.6 Å². The van der Waals surface area contributed by atoms with Gasteiger partial charge in [0.2, 0.25) is 0 Å². The molecule has 0 radical (unpaired) electrons. The summed E-state index contributed by atoms with van der Waals surface area (Å²) in [5, 5.41) is 0. The average Bonchev–Trinajstić information content (AvgIpc) is 2.21. The van der Waals surface area contributed by atoms with Gasteiger partial charge >= 0.3 is 11.9 Å². The molecule has 0 N–H and O–H groups in total. The van der Waals surface area contributed by atoms with Crippen molar-refractivity contribution >= 4 is 11.9 Å². The fourth-order valence-corrected chi connectivity index (χ4v) is 1.02. The van der Waals surface area contributed by atoms with E-state index in [1.54, 1.807) is 6.08 Å². The van der Waals surface area contributed by atoms with E-state index in [1.807, 2.05) is 0 Å².